The molecule has 13 heavy (non-hydrogen) atoms. The maximum absolute atomic E-state index is 9.90. The van der Waals surface area contributed by atoms with Gasteiger partial charge in [-0.1, -0.05) is 0 Å². The van der Waals surface area contributed by atoms with Crippen LogP contribution in [0.15, 0.2) is 0 Å². The van der Waals surface area contributed by atoms with E-state index in [1.165, 1.54) is 0 Å². The second-order valence-corrected chi connectivity index (χ2v) is 3.63. The van der Waals surface area contributed by atoms with Crippen LogP contribution in [-0.4, -0.2) is 56.7 Å². The third-order valence-corrected chi connectivity index (χ3v) is 2.77. The van der Waals surface area contributed by atoms with Crippen LogP contribution < -0.4 is 5.73 Å². The number of fused-ring (bicyclic) bond motifs is 2. The first kappa shape index (κ1) is 9.42. The normalized spacial score (nSPS) is 50.5. The van der Waals surface area contributed by atoms with Crippen molar-refractivity contribution in [2.75, 3.05) is 19.9 Å². The van der Waals surface area contributed by atoms with Crippen LogP contribution in [0.25, 0.3) is 0 Å². The third-order valence-electron chi connectivity index (χ3n) is 2.77. The maximum Gasteiger partial charge on any atom is 0.147 e. The first-order valence-electron chi connectivity index (χ1n) is 4.45. The molecule has 0 radical (unpaired) electrons. The standard InChI is InChI=1S/C7H14BNO4/c8-6-4-5(10)7(1-9,13-6)2-11-3-12-4/h4-6,10H,1-3,8-9H2/t4?,5?,6-,7+/m1/s1. The van der Waals surface area contributed by atoms with Crippen molar-refractivity contribution in [1.82, 2.24) is 0 Å². The van der Waals surface area contributed by atoms with E-state index in [1.807, 2.05) is 7.85 Å². The van der Waals surface area contributed by atoms with Crippen LogP contribution in [0.2, 0.25) is 0 Å². The summed E-state index contributed by atoms with van der Waals surface area (Å²) in [6.07, 6.45) is -0.999. The molecule has 0 aromatic carbocycles. The van der Waals surface area contributed by atoms with Crippen LogP contribution in [0.4, 0.5) is 0 Å². The van der Waals surface area contributed by atoms with Crippen LogP contribution in [-0.2, 0) is 14.2 Å². The summed E-state index contributed by atoms with van der Waals surface area (Å²) in [5.41, 5.74) is 4.81. The third kappa shape index (κ3) is 1.29. The lowest BCUT2D eigenvalue weighted by Crippen LogP contribution is -2.51. The van der Waals surface area contributed by atoms with E-state index in [2.05, 4.69) is 0 Å². The summed E-state index contributed by atoms with van der Waals surface area (Å²) in [6, 6.07) is -0.123. The number of rotatable bonds is 1. The quantitative estimate of drug-likeness (QED) is 0.440. The van der Waals surface area contributed by atoms with Crippen molar-refractivity contribution in [3.8, 4) is 0 Å². The van der Waals surface area contributed by atoms with E-state index >= 15 is 0 Å². The van der Waals surface area contributed by atoms with Gasteiger partial charge in [0.05, 0.1) is 12.6 Å². The van der Waals surface area contributed by atoms with Gasteiger partial charge in [-0.2, -0.15) is 0 Å². The van der Waals surface area contributed by atoms with Gasteiger partial charge in [0.2, 0.25) is 0 Å². The average Bonchev–Trinajstić information content (AvgIpc) is 2.26. The highest BCUT2D eigenvalue weighted by molar-refractivity contribution is 6.11. The monoisotopic (exact) mass is 187 g/mol. The van der Waals surface area contributed by atoms with E-state index in [-0.39, 0.29) is 25.4 Å². The van der Waals surface area contributed by atoms with Crippen LogP contribution in [0.5, 0.6) is 0 Å². The lowest BCUT2D eigenvalue weighted by molar-refractivity contribution is -0.147. The number of aliphatic hydroxyl groups is 1. The van der Waals surface area contributed by atoms with Crippen molar-refractivity contribution in [3.63, 3.8) is 0 Å². The van der Waals surface area contributed by atoms with E-state index in [9.17, 15) is 5.11 Å². The molecule has 2 saturated heterocycles. The summed E-state index contributed by atoms with van der Waals surface area (Å²) in [6.45, 7) is 0.751. The van der Waals surface area contributed by atoms with E-state index in [0.29, 0.717) is 6.61 Å². The van der Waals surface area contributed by atoms with Gasteiger partial charge in [0.25, 0.3) is 0 Å². The molecule has 0 aromatic rings. The second-order valence-electron chi connectivity index (χ2n) is 3.63. The molecule has 6 heteroatoms. The Morgan fingerprint density at radius 1 is 1.62 bits per heavy atom. The summed E-state index contributed by atoms with van der Waals surface area (Å²) in [4.78, 5) is 0. The smallest absolute Gasteiger partial charge is 0.147 e. The summed E-state index contributed by atoms with van der Waals surface area (Å²) in [5.74, 6) is 0. The van der Waals surface area contributed by atoms with Gasteiger partial charge in [-0.3, -0.25) is 0 Å². The Bertz CT molecular complexity index is 205. The number of hydrogen-bond acceptors (Lipinski definition) is 5. The Labute approximate surface area is 77.5 Å². The molecule has 2 rings (SSSR count). The van der Waals surface area contributed by atoms with E-state index in [4.69, 9.17) is 19.9 Å². The van der Waals surface area contributed by atoms with Gasteiger partial charge in [0.1, 0.15) is 32.4 Å². The molecule has 0 amide bonds. The molecule has 2 unspecified atom stereocenters. The van der Waals surface area contributed by atoms with Crippen molar-refractivity contribution in [2.45, 2.75) is 23.8 Å². The number of aliphatic hydroxyl groups excluding tert-OH is 1. The lowest BCUT2D eigenvalue weighted by Gasteiger charge is -2.28. The minimum absolute atomic E-state index is 0.123. The first-order chi connectivity index (χ1) is 6.19. The molecule has 5 nitrogen and oxygen atoms in total. The molecule has 2 bridgehead atoms. The zero-order valence-electron chi connectivity index (χ0n) is 7.60. The molecule has 0 spiro atoms. The molecule has 2 aliphatic rings. The zero-order valence-corrected chi connectivity index (χ0v) is 7.60. The highest BCUT2D eigenvalue weighted by atomic mass is 16.7. The zero-order chi connectivity index (χ0) is 9.47. The van der Waals surface area contributed by atoms with Crippen molar-refractivity contribution in [2.24, 2.45) is 5.73 Å². The fourth-order valence-electron chi connectivity index (χ4n) is 1.98. The van der Waals surface area contributed by atoms with Crippen LogP contribution in [0.3, 0.4) is 0 Å². The largest absolute Gasteiger partial charge is 0.387 e. The molecular weight excluding hydrogens is 173 g/mol. The van der Waals surface area contributed by atoms with E-state index < -0.39 is 11.7 Å². The minimum Gasteiger partial charge on any atom is -0.387 e. The Balaban J connectivity index is 2.24. The predicted octanol–water partition coefficient (Wildman–Crippen LogP) is -2.59. The van der Waals surface area contributed by atoms with Gasteiger partial charge in [0, 0.05) is 6.54 Å². The maximum atomic E-state index is 9.90. The number of nitrogens with two attached hydrogens (primary N) is 1. The fraction of sp³-hybridized carbons (Fsp3) is 1.00. The molecule has 74 valence electrons. The molecule has 2 aliphatic heterocycles. The topological polar surface area (TPSA) is 73.9 Å². The number of hydrogen-bond donors (Lipinski definition) is 2. The van der Waals surface area contributed by atoms with Gasteiger partial charge < -0.3 is 25.1 Å². The van der Waals surface area contributed by atoms with Gasteiger partial charge in [-0.15, -0.1) is 0 Å². The summed E-state index contributed by atoms with van der Waals surface area (Å²) in [7, 11) is 1.87. The molecule has 0 aromatic heterocycles. The van der Waals surface area contributed by atoms with Crippen molar-refractivity contribution in [1.29, 1.82) is 0 Å². The summed E-state index contributed by atoms with van der Waals surface area (Å²) >= 11 is 0. The summed E-state index contributed by atoms with van der Waals surface area (Å²) < 4.78 is 16.0. The molecule has 2 heterocycles. The molecule has 2 fully saturated rings. The Hall–Kier alpha value is -0.135. The Morgan fingerprint density at radius 2 is 2.38 bits per heavy atom. The highest BCUT2D eigenvalue weighted by Crippen LogP contribution is 2.33. The molecule has 4 atom stereocenters. The Kier molecular flexibility index (Phi) is 2.33. The minimum atomic E-state index is -0.763. The van der Waals surface area contributed by atoms with Gasteiger partial charge in [-0.25, -0.2) is 0 Å². The van der Waals surface area contributed by atoms with Crippen LogP contribution in [0, 0.1) is 0 Å². The lowest BCUT2D eigenvalue weighted by atomic mass is 9.89. The predicted molar refractivity (Wildman–Crippen MR) is 46.9 cm³/mol. The van der Waals surface area contributed by atoms with Crippen molar-refractivity contribution in [3.05, 3.63) is 0 Å². The molecule has 3 N–H and O–H groups in total. The molecular formula is C7H14BNO4. The van der Waals surface area contributed by atoms with Crippen molar-refractivity contribution < 1.29 is 19.3 Å². The highest BCUT2D eigenvalue weighted by Gasteiger charge is 2.54. The fourth-order valence-corrected chi connectivity index (χ4v) is 1.98. The Morgan fingerprint density at radius 3 is 3.08 bits per heavy atom. The number of ether oxygens (including phenoxy) is 3. The average molecular weight is 187 g/mol. The van der Waals surface area contributed by atoms with E-state index in [1.54, 1.807) is 0 Å². The molecule has 0 aliphatic carbocycles. The first-order valence-corrected chi connectivity index (χ1v) is 4.45. The van der Waals surface area contributed by atoms with Gasteiger partial charge >= 0.3 is 0 Å². The molecule has 0 saturated carbocycles. The summed E-state index contributed by atoms with van der Waals surface area (Å²) in [5, 5.41) is 9.90. The van der Waals surface area contributed by atoms with Gasteiger partial charge in [-0.05, 0) is 0 Å². The van der Waals surface area contributed by atoms with E-state index in [0.717, 1.165) is 0 Å². The SMILES string of the molecule is B[C@@H]1O[C@@]2(CN)COCOC1C2O. The van der Waals surface area contributed by atoms with Crippen molar-refractivity contribution >= 4 is 7.85 Å². The second kappa shape index (κ2) is 3.22. The van der Waals surface area contributed by atoms with Crippen LogP contribution >= 0.6 is 0 Å². The van der Waals surface area contributed by atoms with Gasteiger partial charge in [0.15, 0.2) is 0 Å². The van der Waals surface area contributed by atoms with Crippen LogP contribution in [0.1, 0.15) is 0 Å².